The highest BCUT2D eigenvalue weighted by molar-refractivity contribution is 7.19. The monoisotopic (exact) mass is 491 g/mol. The molecule has 166 valence electrons. The van der Waals surface area contributed by atoms with Crippen molar-refractivity contribution in [3.63, 3.8) is 0 Å². The summed E-state index contributed by atoms with van der Waals surface area (Å²) in [5, 5.41) is 17.3. The number of aryl methyl sites for hydroxylation is 2. The average molecular weight is 492 g/mol. The van der Waals surface area contributed by atoms with Gasteiger partial charge in [-0.25, -0.2) is 0 Å². The van der Waals surface area contributed by atoms with Gasteiger partial charge >= 0.3 is 0 Å². The standard InChI is InChI=1S/C21H19Cl2N5O3S/c1-4-17-25-26-21-28(17)27-20(32-21)12-5-6-16(30-3)15(8-12)24-18(29)10-31-19-11(2)7-13(22)9-14(19)23/h5-9H,4,10H2,1-3H3,(H,24,29). The minimum absolute atomic E-state index is 0.230. The third kappa shape index (κ3) is 4.50. The smallest absolute Gasteiger partial charge is 0.262 e. The van der Waals surface area contributed by atoms with Crippen molar-refractivity contribution in [2.45, 2.75) is 20.3 Å². The van der Waals surface area contributed by atoms with Gasteiger partial charge in [-0.1, -0.05) is 41.5 Å². The fourth-order valence-corrected chi connectivity index (χ4v) is 4.63. The Morgan fingerprint density at radius 2 is 2.03 bits per heavy atom. The van der Waals surface area contributed by atoms with Crippen LogP contribution >= 0.6 is 34.5 Å². The molecular formula is C21H19Cl2N5O3S. The van der Waals surface area contributed by atoms with Gasteiger partial charge in [0.05, 0.1) is 17.8 Å². The van der Waals surface area contributed by atoms with E-state index in [1.165, 1.54) is 18.4 Å². The summed E-state index contributed by atoms with van der Waals surface area (Å²) in [7, 11) is 1.54. The van der Waals surface area contributed by atoms with Gasteiger partial charge in [0.15, 0.2) is 12.4 Å². The van der Waals surface area contributed by atoms with Crippen molar-refractivity contribution in [3.8, 4) is 22.1 Å². The normalized spacial score (nSPS) is 11.0. The molecule has 0 fully saturated rings. The lowest BCUT2D eigenvalue weighted by Gasteiger charge is -2.13. The number of hydrogen-bond acceptors (Lipinski definition) is 7. The number of fused-ring (bicyclic) bond motifs is 1. The third-order valence-electron chi connectivity index (χ3n) is 4.63. The second kappa shape index (κ2) is 9.32. The molecule has 2 aromatic carbocycles. The van der Waals surface area contributed by atoms with Crippen molar-refractivity contribution >= 4 is 51.1 Å². The first-order valence-corrected chi connectivity index (χ1v) is 11.2. The number of carbonyl (C=O) groups excluding carboxylic acids is 1. The highest BCUT2D eigenvalue weighted by atomic mass is 35.5. The first-order valence-electron chi connectivity index (χ1n) is 9.67. The van der Waals surface area contributed by atoms with Crippen LogP contribution in [0.25, 0.3) is 15.5 Å². The largest absolute Gasteiger partial charge is 0.495 e. The van der Waals surface area contributed by atoms with Crippen LogP contribution in [0.5, 0.6) is 11.5 Å². The van der Waals surface area contributed by atoms with Gasteiger partial charge in [0.1, 0.15) is 16.5 Å². The van der Waals surface area contributed by atoms with E-state index in [4.69, 9.17) is 32.7 Å². The maximum Gasteiger partial charge on any atom is 0.262 e. The summed E-state index contributed by atoms with van der Waals surface area (Å²) in [4.78, 5) is 13.3. The maximum atomic E-state index is 12.6. The topological polar surface area (TPSA) is 90.6 Å². The first kappa shape index (κ1) is 22.3. The molecule has 0 atom stereocenters. The van der Waals surface area contributed by atoms with Crippen LogP contribution in [0.4, 0.5) is 5.69 Å². The Morgan fingerprint density at radius 3 is 2.75 bits per heavy atom. The predicted molar refractivity (Wildman–Crippen MR) is 125 cm³/mol. The van der Waals surface area contributed by atoms with Crippen LogP contribution in [0.2, 0.25) is 10.0 Å². The number of benzene rings is 2. The van der Waals surface area contributed by atoms with E-state index in [-0.39, 0.29) is 12.5 Å². The SMILES string of the molecule is CCc1nnc2sc(-c3ccc(OC)c(NC(=O)COc4c(C)cc(Cl)cc4Cl)c3)nn12. The number of hydrogen-bond donors (Lipinski definition) is 1. The lowest BCUT2D eigenvalue weighted by atomic mass is 10.2. The fourth-order valence-electron chi connectivity index (χ4n) is 3.13. The van der Waals surface area contributed by atoms with Gasteiger partial charge in [-0.05, 0) is 42.8 Å². The fraction of sp³-hybridized carbons (Fsp3) is 0.238. The molecule has 0 saturated carbocycles. The van der Waals surface area contributed by atoms with Crippen LogP contribution in [-0.2, 0) is 11.2 Å². The highest BCUT2D eigenvalue weighted by Crippen LogP contribution is 2.34. The molecule has 0 aliphatic rings. The van der Waals surface area contributed by atoms with E-state index in [1.54, 1.807) is 28.8 Å². The van der Waals surface area contributed by atoms with E-state index < -0.39 is 0 Å². The van der Waals surface area contributed by atoms with Gasteiger partial charge < -0.3 is 14.8 Å². The van der Waals surface area contributed by atoms with Gasteiger partial charge in [0.25, 0.3) is 5.91 Å². The number of anilines is 1. The summed E-state index contributed by atoms with van der Waals surface area (Å²) in [6, 6.07) is 8.74. The lowest BCUT2D eigenvalue weighted by Crippen LogP contribution is -2.21. The number of ether oxygens (including phenoxy) is 2. The number of aromatic nitrogens is 4. The molecule has 32 heavy (non-hydrogen) atoms. The molecule has 0 aliphatic carbocycles. The molecule has 4 aromatic rings. The van der Waals surface area contributed by atoms with E-state index in [0.29, 0.717) is 32.2 Å². The second-order valence-electron chi connectivity index (χ2n) is 6.86. The van der Waals surface area contributed by atoms with Crippen molar-refractivity contribution in [2.75, 3.05) is 19.0 Å². The lowest BCUT2D eigenvalue weighted by molar-refractivity contribution is -0.118. The van der Waals surface area contributed by atoms with E-state index in [1.807, 2.05) is 19.9 Å². The summed E-state index contributed by atoms with van der Waals surface area (Å²) < 4.78 is 12.8. The van der Waals surface area contributed by atoms with Gasteiger partial charge in [0, 0.05) is 17.0 Å². The first-order chi connectivity index (χ1) is 15.4. The summed E-state index contributed by atoms with van der Waals surface area (Å²) >= 11 is 13.6. The van der Waals surface area contributed by atoms with Crippen molar-refractivity contribution in [1.82, 2.24) is 19.8 Å². The van der Waals surface area contributed by atoms with Crippen molar-refractivity contribution in [1.29, 1.82) is 0 Å². The molecule has 1 amide bonds. The Balaban J connectivity index is 1.53. The zero-order chi connectivity index (χ0) is 22.8. The summed E-state index contributed by atoms with van der Waals surface area (Å²) in [5.74, 6) is 1.36. The minimum atomic E-state index is -0.364. The minimum Gasteiger partial charge on any atom is -0.495 e. The molecule has 2 aromatic heterocycles. The molecule has 2 heterocycles. The molecule has 11 heteroatoms. The Morgan fingerprint density at radius 1 is 1.22 bits per heavy atom. The Bertz CT molecular complexity index is 1280. The number of halogens is 2. The average Bonchev–Trinajstić information content (AvgIpc) is 3.33. The number of rotatable bonds is 7. The summed E-state index contributed by atoms with van der Waals surface area (Å²) in [6.07, 6.45) is 0.728. The van der Waals surface area contributed by atoms with Crippen LogP contribution in [0.1, 0.15) is 18.3 Å². The Hall–Kier alpha value is -2.88. The van der Waals surface area contributed by atoms with Crippen LogP contribution in [0, 0.1) is 6.92 Å². The number of methoxy groups -OCH3 is 1. The van der Waals surface area contributed by atoms with Crippen molar-refractivity contribution in [3.05, 3.63) is 51.8 Å². The summed E-state index contributed by atoms with van der Waals surface area (Å²) in [6.45, 7) is 3.57. The molecular weight excluding hydrogens is 473 g/mol. The molecule has 0 radical (unpaired) electrons. The molecule has 4 rings (SSSR count). The second-order valence-corrected chi connectivity index (χ2v) is 8.66. The van der Waals surface area contributed by atoms with Crippen molar-refractivity contribution in [2.24, 2.45) is 0 Å². The van der Waals surface area contributed by atoms with Crippen molar-refractivity contribution < 1.29 is 14.3 Å². The summed E-state index contributed by atoms with van der Waals surface area (Å²) in [5.41, 5.74) is 2.06. The van der Waals surface area contributed by atoms with Crippen LogP contribution in [0.3, 0.4) is 0 Å². The molecule has 0 aliphatic heterocycles. The maximum absolute atomic E-state index is 12.6. The molecule has 0 unspecified atom stereocenters. The molecule has 0 saturated heterocycles. The van der Waals surface area contributed by atoms with E-state index in [2.05, 4.69) is 20.6 Å². The predicted octanol–water partition coefficient (Wildman–Crippen LogP) is 5.06. The number of nitrogens with zero attached hydrogens (tertiary/aromatic N) is 4. The number of carbonyl (C=O) groups is 1. The van der Waals surface area contributed by atoms with Gasteiger partial charge in [-0.15, -0.1) is 10.2 Å². The zero-order valence-corrected chi connectivity index (χ0v) is 19.8. The molecule has 0 spiro atoms. The number of amides is 1. The molecule has 1 N–H and O–H groups in total. The highest BCUT2D eigenvalue weighted by Gasteiger charge is 2.16. The van der Waals surface area contributed by atoms with E-state index >= 15 is 0 Å². The van der Waals surface area contributed by atoms with Gasteiger partial charge in [0.2, 0.25) is 4.96 Å². The van der Waals surface area contributed by atoms with Gasteiger partial charge in [-0.2, -0.15) is 9.61 Å². The van der Waals surface area contributed by atoms with Crippen LogP contribution in [0.15, 0.2) is 30.3 Å². The molecule has 8 nitrogen and oxygen atoms in total. The van der Waals surface area contributed by atoms with E-state index in [0.717, 1.165) is 28.4 Å². The third-order valence-corrected chi connectivity index (χ3v) is 6.08. The van der Waals surface area contributed by atoms with Crippen LogP contribution < -0.4 is 14.8 Å². The van der Waals surface area contributed by atoms with E-state index in [9.17, 15) is 4.79 Å². The van der Waals surface area contributed by atoms with Gasteiger partial charge in [-0.3, -0.25) is 4.79 Å². The quantitative estimate of drug-likeness (QED) is 0.388. The Labute approximate surface area is 198 Å². The zero-order valence-electron chi connectivity index (χ0n) is 17.5. The number of nitrogens with one attached hydrogen (secondary N) is 1. The molecule has 0 bridgehead atoms. The Kier molecular flexibility index (Phi) is 6.50. The van der Waals surface area contributed by atoms with Crippen LogP contribution in [-0.4, -0.2) is 39.4 Å².